The van der Waals surface area contributed by atoms with E-state index in [0.29, 0.717) is 23.2 Å². The van der Waals surface area contributed by atoms with Crippen LogP contribution in [-0.4, -0.2) is 22.4 Å². The fourth-order valence-corrected chi connectivity index (χ4v) is 4.10. The van der Waals surface area contributed by atoms with Gasteiger partial charge in [0.1, 0.15) is 5.75 Å². The third kappa shape index (κ3) is 5.21. The molecule has 0 atom stereocenters. The van der Waals surface area contributed by atoms with Crippen molar-refractivity contribution in [1.29, 1.82) is 0 Å². The summed E-state index contributed by atoms with van der Waals surface area (Å²) < 4.78 is 5.88. The number of benzene rings is 4. The minimum atomic E-state index is -0.558. The number of aromatic nitrogens is 2. The van der Waals surface area contributed by atoms with Crippen molar-refractivity contribution in [1.82, 2.24) is 20.6 Å². The van der Waals surface area contributed by atoms with Crippen LogP contribution in [0.1, 0.15) is 5.56 Å². The molecule has 0 aliphatic rings. The number of halogens is 1. The molecule has 8 heteroatoms. The van der Waals surface area contributed by atoms with Crippen LogP contribution in [0.4, 0.5) is 4.79 Å². The van der Waals surface area contributed by atoms with Crippen molar-refractivity contribution >= 4 is 35.1 Å². The fraction of sp³-hybridized carbons (Fsp3) is 0.0357. The Balaban J connectivity index is 1.31. The van der Waals surface area contributed by atoms with E-state index in [2.05, 4.69) is 51.7 Å². The molecular formula is C28H21ClN4O3. The molecule has 178 valence electrons. The number of ether oxygens (including phenoxy) is 1. The van der Waals surface area contributed by atoms with Gasteiger partial charge in [0.2, 0.25) is 6.41 Å². The molecule has 3 amide bonds. The number of carbonyl (C=O) groups is 2. The van der Waals surface area contributed by atoms with Gasteiger partial charge in [-0.1, -0.05) is 78.3 Å². The van der Waals surface area contributed by atoms with Gasteiger partial charge in [0.05, 0.1) is 16.1 Å². The molecule has 0 saturated carbocycles. The maximum atomic E-state index is 11.3. The van der Waals surface area contributed by atoms with Gasteiger partial charge in [-0.25, -0.2) is 4.79 Å². The van der Waals surface area contributed by atoms with E-state index in [1.807, 2.05) is 47.8 Å². The van der Waals surface area contributed by atoms with Crippen LogP contribution >= 0.6 is 11.6 Å². The zero-order valence-electron chi connectivity index (χ0n) is 19.0. The summed E-state index contributed by atoms with van der Waals surface area (Å²) in [5.74, 6) is 0.581. The van der Waals surface area contributed by atoms with Crippen LogP contribution in [0.3, 0.4) is 0 Å². The van der Waals surface area contributed by atoms with Crippen LogP contribution in [0.5, 0.6) is 11.8 Å². The van der Waals surface area contributed by atoms with E-state index < -0.39 is 6.03 Å². The molecule has 5 aromatic rings. The Hall–Kier alpha value is -4.62. The number of rotatable bonds is 7. The number of hydrogen-bond donors (Lipinski definition) is 3. The third-order valence-electron chi connectivity index (χ3n) is 5.63. The lowest BCUT2D eigenvalue weighted by molar-refractivity contribution is -0.108. The summed E-state index contributed by atoms with van der Waals surface area (Å²) in [6.07, 6.45) is 0.331. The standard InChI is InChI=1S/C28H21ClN4O3/c29-24-15-26-25(14-23(24)21-10-8-20(9-11-21)19-4-2-1-3-5-19)32-28(33-26)36-22-12-6-18(7-13-22)16-30-27(35)31-17-34/h1-15,17H,16H2,(H,32,33)(H2,30,31,34,35). The largest absolute Gasteiger partial charge is 0.426 e. The number of imide groups is 1. The molecule has 36 heavy (non-hydrogen) atoms. The smallest absolute Gasteiger partial charge is 0.321 e. The van der Waals surface area contributed by atoms with Crippen molar-refractivity contribution in [3.05, 3.63) is 102 Å². The number of fused-ring (bicyclic) bond motifs is 1. The Morgan fingerprint density at radius 2 is 1.61 bits per heavy atom. The number of hydrogen-bond acceptors (Lipinski definition) is 4. The molecule has 0 aliphatic carbocycles. The van der Waals surface area contributed by atoms with Crippen LogP contribution in [0.15, 0.2) is 91.0 Å². The first-order chi connectivity index (χ1) is 17.6. The number of amides is 3. The van der Waals surface area contributed by atoms with Gasteiger partial charge in [0.15, 0.2) is 0 Å². The van der Waals surface area contributed by atoms with Gasteiger partial charge < -0.3 is 15.0 Å². The van der Waals surface area contributed by atoms with Crippen molar-refractivity contribution in [3.8, 4) is 34.0 Å². The van der Waals surface area contributed by atoms with Crippen LogP contribution in [0, 0.1) is 0 Å². The van der Waals surface area contributed by atoms with Crippen molar-refractivity contribution in [3.63, 3.8) is 0 Å². The van der Waals surface area contributed by atoms with E-state index in [1.54, 1.807) is 12.1 Å². The summed E-state index contributed by atoms with van der Waals surface area (Å²) in [6, 6.07) is 29.2. The molecule has 5 rings (SSSR count). The summed E-state index contributed by atoms with van der Waals surface area (Å²) >= 11 is 6.61. The number of aromatic amines is 1. The molecule has 1 aromatic heterocycles. The fourth-order valence-electron chi connectivity index (χ4n) is 3.82. The molecule has 0 saturated heterocycles. The summed E-state index contributed by atoms with van der Waals surface area (Å²) in [7, 11) is 0. The molecule has 0 unspecified atom stereocenters. The normalized spacial score (nSPS) is 10.7. The predicted octanol–water partition coefficient (Wildman–Crippen LogP) is 6.30. The van der Waals surface area contributed by atoms with Crippen LogP contribution < -0.4 is 15.4 Å². The highest BCUT2D eigenvalue weighted by atomic mass is 35.5. The van der Waals surface area contributed by atoms with Crippen molar-refractivity contribution < 1.29 is 14.3 Å². The van der Waals surface area contributed by atoms with Gasteiger partial charge in [-0.05, 0) is 46.5 Å². The summed E-state index contributed by atoms with van der Waals surface area (Å²) in [5, 5.41) is 5.20. The van der Waals surface area contributed by atoms with E-state index in [0.717, 1.165) is 38.9 Å². The Labute approximate surface area is 212 Å². The van der Waals surface area contributed by atoms with E-state index in [1.165, 1.54) is 0 Å². The van der Waals surface area contributed by atoms with Crippen LogP contribution in [0.2, 0.25) is 5.02 Å². The van der Waals surface area contributed by atoms with Gasteiger partial charge >= 0.3 is 6.03 Å². The predicted molar refractivity (Wildman–Crippen MR) is 140 cm³/mol. The molecule has 0 aliphatic heterocycles. The Morgan fingerprint density at radius 3 is 2.33 bits per heavy atom. The highest BCUT2D eigenvalue weighted by molar-refractivity contribution is 6.34. The molecule has 3 N–H and O–H groups in total. The minimum Gasteiger partial charge on any atom is -0.426 e. The topological polar surface area (TPSA) is 96.1 Å². The lowest BCUT2D eigenvalue weighted by atomic mass is 10.00. The Morgan fingerprint density at radius 1 is 0.917 bits per heavy atom. The maximum Gasteiger partial charge on any atom is 0.321 e. The second-order valence-corrected chi connectivity index (χ2v) is 8.43. The lowest BCUT2D eigenvalue weighted by Gasteiger charge is -2.07. The van der Waals surface area contributed by atoms with E-state index in [4.69, 9.17) is 16.3 Å². The van der Waals surface area contributed by atoms with Crippen molar-refractivity contribution in [2.45, 2.75) is 6.54 Å². The number of imidazole rings is 1. The number of H-pyrrole nitrogens is 1. The summed E-state index contributed by atoms with van der Waals surface area (Å²) in [5.41, 5.74) is 6.53. The van der Waals surface area contributed by atoms with Gasteiger partial charge in [0, 0.05) is 12.1 Å². The first-order valence-corrected chi connectivity index (χ1v) is 11.6. The quantitative estimate of drug-likeness (QED) is 0.230. The van der Waals surface area contributed by atoms with Crippen LogP contribution in [-0.2, 0) is 11.3 Å². The lowest BCUT2D eigenvalue weighted by Crippen LogP contribution is -2.33. The molecule has 0 bridgehead atoms. The number of carbonyl (C=O) groups excluding carboxylic acids is 2. The molecule has 0 spiro atoms. The molecule has 7 nitrogen and oxygen atoms in total. The first-order valence-electron chi connectivity index (χ1n) is 11.2. The average Bonchev–Trinajstić information content (AvgIpc) is 3.29. The van der Waals surface area contributed by atoms with E-state index in [9.17, 15) is 9.59 Å². The Kier molecular flexibility index (Phi) is 6.64. The SMILES string of the molecule is O=CNC(=O)NCc1ccc(Oc2nc3cc(-c4ccc(-c5ccccc5)cc4)c(Cl)cc3[nH]2)cc1. The second kappa shape index (κ2) is 10.3. The average molecular weight is 497 g/mol. The number of nitrogens with one attached hydrogen (secondary N) is 3. The van der Waals surface area contributed by atoms with Crippen LogP contribution in [0.25, 0.3) is 33.3 Å². The maximum absolute atomic E-state index is 11.3. The molecule has 4 aromatic carbocycles. The zero-order chi connectivity index (χ0) is 24.9. The summed E-state index contributed by atoms with van der Waals surface area (Å²) in [4.78, 5) is 29.3. The van der Waals surface area contributed by atoms with Gasteiger partial charge in [-0.2, -0.15) is 4.98 Å². The highest BCUT2D eigenvalue weighted by Crippen LogP contribution is 2.34. The van der Waals surface area contributed by atoms with E-state index in [-0.39, 0.29) is 6.54 Å². The van der Waals surface area contributed by atoms with E-state index >= 15 is 0 Å². The van der Waals surface area contributed by atoms with Gasteiger partial charge in [-0.15, -0.1) is 0 Å². The number of nitrogens with zero attached hydrogens (tertiary/aromatic N) is 1. The van der Waals surface area contributed by atoms with Gasteiger partial charge in [0.25, 0.3) is 6.01 Å². The first kappa shape index (κ1) is 23.1. The minimum absolute atomic E-state index is 0.276. The van der Waals surface area contributed by atoms with Gasteiger partial charge in [-0.3, -0.25) is 10.1 Å². The van der Waals surface area contributed by atoms with Crippen molar-refractivity contribution in [2.75, 3.05) is 0 Å². The molecule has 0 radical (unpaired) electrons. The summed E-state index contributed by atoms with van der Waals surface area (Å²) in [6.45, 7) is 0.276. The molecule has 1 heterocycles. The third-order valence-corrected chi connectivity index (χ3v) is 5.95. The zero-order valence-corrected chi connectivity index (χ0v) is 19.8. The molecular weight excluding hydrogens is 476 g/mol. The second-order valence-electron chi connectivity index (χ2n) is 8.03. The number of urea groups is 1. The molecule has 0 fully saturated rings. The monoisotopic (exact) mass is 496 g/mol. The highest BCUT2D eigenvalue weighted by Gasteiger charge is 2.11. The van der Waals surface area contributed by atoms with Crippen molar-refractivity contribution in [2.24, 2.45) is 0 Å². The Bertz CT molecular complexity index is 1520.